The summed E-state index contributed by atoms with van der Waals surface area (Å²) in [5, 5.41) is 29.8. The van der Waals surface area contributed by atoms with E-state index in [9.17, 15) is 20.1 Å². The summed E-state index contributed by atoms with van der Waals surface area (Å²) in [5.41, 5.74) is 0.678. The predicted molar refractivity (Wildman–Crippen MR) is 99.5 cm³/mol. The van der Waals surface area contributed by atoms with Crippen molar-refractivity contribution in [1.29, 1.82) is 0 Å². The van der Waals surface area contributed by atoms with Crippen LogP contribution >= 0.6 is 0 Å². The van der Waals surface area contributed by atoms with Gasteiger partial charge in [0, 0.05) is 6.61 Å². The molecule has 4 heteroatoms. The summed E-state index contributed by atoms with van der Waals surface area (Å²) < 4.78 is 0. The molecule has 0 aromatic carbocycles. The number of aliphatic carboxylic acids is 1. The molecular formula is C22H34O4. The Balaban J connectivity index is 1.69. The topological polar surface area (TPSA) is 77.8 Å². The third kappa shape index (κ3) is 2.24. The molecule has 0 spiro atoms. The molecule has 4 aliphatic rings. The highest BCUT2D eigenvalue weighted by Crippen LogP contribution is 2.70. The van der Waals surface area contributed by atoms with E-state index >= 15 is 0 Å². The largest absolute Gasteiger partial charge is 0.481 e. The molecule has 4 rings (SSSR count). The van der Waals surface area contributed by atoms with E-state index in [0.717, 1.165) is 44.9 Å². The van der Waals surface area contributed by atoms with E-state index in [1.165, 1.54) is 5.57 Å². The minimum atomic E-state index is -0.759. The summed E-state index contributed by atoms with van der Waals surface area (Å²) in [7, 11) is 0. The van der Waals surface area contributed by atoms with E-state index < -0.39 is 11.4 Å². The first-order chi connectivity index (χ1) is 12.3. The van der Waals surface area contributed by atoms with E-state index in [1.807, 2.05) is 0 Å². The fourth-order valence-electron chi connectivity index (χ4n) is 7.84. The molecule has 0 saturated heterocycles. The lowest BCUT2D eigenvalue weighted by Gasteiger charge is -2.59. The van der Waals surface area contributed by atoms with E-state index in [-0.39, 0.29) is 23.5 Å². The Labute approximate surface area is 156 Å². The lowest BCUT2D eigenvalue weighted by Crippen LogP contribution is -2.54. The van der Waals surface area contributed by atoms with Gasteiger partial charge in [0.1, 0.15) is 0 Å². The van der Waals surface area contributed by atoms with Gasteiger partial charge < -0.3 is 15.3 Å². The van der Waals surface area contributed by atoms with Gasteiger partial charge in [0.2, 0.25) is 0 Å². The first-order valence-corrected chi connectivity index (χ1v) is 10.5. The number of carboxylic acids is 1. The van der Waals surface area contributed by atoms with Crippen LogP contribution < -0.4 is 0 Å². The molecule has 4 nitrogen and oxygen atoms in total. The van der Waals surface area contributed by atoms with Crippen LogP contribution in [0.15, 0.2) is 11.6 Å². The second kappa shape index (κ2) is 6.07. The average Bonchev–Trinajstić information content (AvgIpc) is 2.90. The first kappa shape index (κ1) is 18.5. The lowest BCUT2D eigenvalue weighted by atomic mass is 9.45. The predicted octanol–water partition coefficient (Wildman–Crippen LogP) is 3.76. The summed E-state index contributed by atoms with van der Waals surface area (Å²) in [6.07, 6.45) is 10.1. The molecule has 0 radical (unpaired) electrons. The van der Waals surface area contributed by atoms with Gasteiger partial charge >= 0.3 is 5.97 Å². The van der Waals surface area contributed by atoms with Gasteiger partial charge in [-0.3, -0.25) is 4.79 Å². The van der Waals surface area contributed by atoms with Crippen LogP contribution in [0.25, 0.3) is 0 Å². The Bertz CT molecular complexity index is 628. The number of hydrogen-bond acceptors (Lipinski definition) is 3. The van der Waals surface area contributed by atoms with Crippen LogP contribution in [-0.2, 0) is 4.79 Å². The highest BCUT2D eigenvalue weighted by atomic mass is 16.4. The number of carbonyl (C=O) groups is 1. The average molecular weight is 363 g/mol. The minimum absolute atomic E-state index is 0.0393. The third-order valence-corrected chi connectivity index (χ3v) is 9.39. The molecule has 0 aromatic heterocycles. The Hall–Kier alpha value is -0.870. The Morgan fingerprint density at radius 2 is 1.88 bits per heavy atom. The number of carboxylic acid groups (broad SMARTS) is 1. The third-order valence-electron chi connectivity index (χ3n) is 9.39. The van der Waals surface area contributed by atoms with Crippen molar-refractivity contribution in [2.75, 3.05) is 6.61 Å². The summed E-state index contributed by atoms with van der Waals surface area (Å²) in [6.45, 7) is 4.57. The summed E-state index contributed by atoms with van der Waals surface area (Å²) >= 11 is 0. The van der Waals surface area contributed by atoms with Gasteiger partial charge in [0.05, 0.1) is 11.5 Å². The number of aliphatic hydroxyl groups is 2. The van der Waals surface area contributed by atoms with Gasteiger partial charge in [0.25, 0.3) is 0 Å². The first-order valence-electron chi connectivity index (χ1n) is 10.5. The molecule has 4 aliphatic carbocycles. The van der Waals surface area contributed by atoms with Crippen molar-refractivity contribution in [2.24, 2.45) is 34.0 Å². The van der Waals surface area contributed by atoms with Crippen molar-refractivity contribution < 1.29 is 20.1 Å². The normalized spacial score (nSPS) is 50.4. The van der Waals surface area contributed by atoms with Crippen molar-refractivity contribution in [3.63, 3.8) is 0 Å². The summed E-state index contributed by atoms with van der Waals surface area (Å²) in [5.74, 6) is 0.906. The van der Waals surface area contributed by atoms with Crippen LogP contribution in [0.4, 0.5) is 0 Å². The highest BCUT2D eigenvalue weighted by molar-refractivity contribution is 5.76. The molecule has 0 bridgehead atoms. The van der Waals surface area contributed by atoms with Gasteiger partial charge in [-0.25, -0.2) is 0 Å². The smallest absolute Gasteiger partial charge is 0.310 e. The molecule has 3 saturated carbocycles. The van der Waals surface area contributed by atoms with Crippen molar-refractivity contribution in [3.8, 4) is 0 Å². The zero-order valence-electron chi connectivity index (χ0n) is 16.2. The molecule has 146 valence electrons. The zero-order chi connectivity index (χ0) is 18.7. The van der Waals surface area contributed by atoms with Crippen LogP contribution in [0, 0.1) is 34.0 Å². The molecule has 0 unspecified atom stereocenters. The number of hydrogen-bond donors (Lipinski definition) is 3. The van der Waals surface area contributed by atoms with Crippen LogP contribution in [0.5, 0.6) is 0 Å². The minimum Gasteiger partial charge on any atom is -0.481 e. The maximum atomic E-state index is 12.3. The van der Waals surface area contributed by atoms with Gasteiger partial charge in [-0.2, -0.15) is 0 Å². The monoisotopic (exact) mass is 362 g/mol. The standard InChI is InChI=1S/C22H34O4/c1-20-8-5-15(24)13-14(20)3-4-16-17(20)6-9-21(2)18(16)7-10-22(21,11-12-23)19(25)26/h3,15-18,23-24H,4-13H2,1-2H3,(H,25,26)/t15-,16+,17-,18-,20-,21-,22-/m0/s1. The fourth-order valence-corrected chi connectivity index (χ4v) is 7.84. The second-order valence-corrected chi connectivity index (χ2v) is 10.0. The van der Waals surface area contributed by atoms with E-state index in [2.05, 4.69) is 19.9 Å². The van der Waals surface area contributed by atoms with Crippen LogP contribution in [0.2, 0.25) is 0 Å². The summed E-state index contributed by atoms with van der Waals surface area (Å²) in [4.78, 5) is 12.3. The molecule has 0 aromatic rings. The van der Waals surface area contributed by atoms with Crippen molar-refractivity contribution in [2.45, 2.75) is 77.7 Å². The molecule has 0 aliphatic heterocycles. The van der Waals surface area contributed by atoms with Gasteiger partial charge in [-0.15, -0.1) is 0 Å². The van der Waals surface area contributed by atoms with Gasteiger partial charge in [-0.05, 0) is 86.4 Å². The number of aliphatic hydroxyl groups excluding tert-OH is 2. The lowest BCUT2D eigenvalue weighted by molar-refractivity contribution is -0.165. The highest BCUT2D eigenvalue weighted by Gasteiger charge is 2.66. The van der Waals surface area contributed by atoms with Crippen LogP contribution in [0.1, 0.15) is 71.6 Å². The van der Waals surface area contributed by atoms with Gasteiger partial charge in [-0.1, -0.05) is 25.5 Å². The molecule has 0 heterocycles. The maximum absolute atomic E-state index is 12.3. The maximum Gasteiger partial charge on any atom is 0.310 e. The van der Waals surface area contributed by atoms with E-state index in [0.29, 0.717) is 30.6 Å². The quantitative estimate of drug-likeness (QED) is 0.668. The van der Waals surface area contributed by atoms with E-state index in [1.54, 1.807) is 0 Å². The van der Waals surface area contributed by atoms with Crippen LogP contribution in [-0.4, -0.2) is 34.0 Å². The Morgan fingerprint density at radius 3 is 2.58 bits per heavy atom. The number of allylic oxidation sites excluding steroid dienone is 1. The van der Waals surface area contributed by atoms with Crippen molar-refractivity contribution in [1.82, 2.24) is 0 Å². The second-order valence-electron chi connectivity index (χ2n) is 10.0. The number of rotatable bonds is 3. The zero-order valence-corrected chi connectivity index (χ0v) is 16.2. The molecule has 26 heavy (non-hydrogen) atoms. The van der Waals surface area contributed by atoms with Crippen molar-refractivity contribution >= 4 is 5.97 Å². The van der Waals surface area contributed by atoms with E-state index in [4.69, 9.17) is 0 Å². The van der Waals surface area contributed by atoms with Crippen molar-refractivity contribution in [3.05, 3.63) is 11.6 Å². The SMILES string of the molecule is C[C@]12CC[C@H](O)CC1=CC[C@@H]1[C@@H]2CC[C@@]2(C)[C@H]1CC[C@]2(CCO)C(=O)O. The Morgan fingerprint density at radius 1 is 1.15 bits per heavy atom. The number of fused-ring (bicyclic) bond motifs is 5. The molecule has 7 atom stereocenters. The fraction of sp³-hybridized carbons (Fsp3) is 0.864. The molecular weight excluding hydrogens is 328 g/mol. The molecule has 3 N–H and O–H groups in total. The Kier molecular flexibility index (Phi) is 4.31. The summed E-state index contributed by atoms with van der Waals surface area (Å²) in [6, 6.07) is 0. The van der Waals surface area contributed by atoms with Crippen LogP contribution in [0.3, 0.4) is 0 Å². The van der Waals surface area contributed by atoms with Gasteiger partial charge in [0.15, 0.2) is 0 Å². The molecule has 0 amide bonds. The molecule has 3 fully saturated rings.